The van der Waals surface area contributed by atoms with E-state index in [1.165, 1.54) is 4.90 Å². The van der Waals surface area contributed by atoms with Gasteiger partial charge >= 0.3 is 0 Å². The molecule has 0 saturated heterocycles. The highest BCUT2D eigenvalue weighted by Crippen LogP contribution is 2.14. The Morgan fingerprint density at radius 1 is 1.42 bits per heavy atom. The second-order valence-electron chi connectivity index (χ2n) is 4.04. The first-order valence-corrected chi connectivity index (χ1v) is 6.02. The fourth-order valence-corrected chi connectivity index (χ4v) is 1.46. The highest BCUT2D eigenvalue weighted by molar-refractivity contribution is 5.98. The molecule has 0 radical (unpaired) electrons. The summed E-state index contributed by atoms with van der Waals surface area (Å²) in [6.07, 6.45) is 0.880. The maximum Gasteiger partial charge on any atom is 0.252 e. The summed E-state index contributed by atoms with van der Waals surface area (Å²) in [4.78, 5) is 13.3. The van der Waals surface area contributed by atoms with E-state index in [1.807, 2.05) is 6.92 Å². The molecule has 0 spiro atoms. The predicted octanol–water partition coefficient (Wildman–Crippen LogP) is 1.17. The monoisotopic (exact) mass is 265 g/mol. The molecule has 0 fully saturated rings. The number of carbonyl (C=O) groups is 1. The van der Waals surface area contributed by atoms with Gasteiger partial charge in [0.15, 0.2) is 5.84 Å². The lowest BCUT2D eigenvalue weighted by molar-refractivity contribution is -0.122. The molecule has 1 aromatic carbocycles. The summed E-state index contributed by atoms with van der Waals surface area (Å²) in [6.45, 7) is 2.62. The first-order chi connectivity index (χ1) is 9.10. The molecule has 104 valence electrons. The van der Waals surface area contributed by atoms with Crippen molar-refractivity contribution < 1.29 is 14.7 Å². The third-order valence-electron chi connectivity index (χ3n) is 2.61. The molecule has 3 N–H and O–H groups in total. The largest absolute Gasteiger partial charge is 0.409 e. The second kappa shape index (κ2) is 7.38. The van der Waals surface area contributed by atoms with Gasteiger partial charge in [0.25, 0.3) is 5.91 Å². The Hall–Kier alpha value is -2.08. The molecule has 1 rings (SSSR count). The van der Waals surface area contributed by atoms with E-state index < -0.39 is 0 Å². The molecular weight excluding hydrogens is 246 g/mol. The molecule has 0 aliphatic carbocycles. The highest BCUT2D eigenvalue weighted by Gasteiger charge is 2.11. The van der Waals surface area contributed by atoms with Gasteiger partial charge in [-0.15, -0.1) is 0 Å². The lowest BCUT2D eigenvalue weighted by Gasteiger charge is -2.17. The smallest absolute Gasteiger partial charge is 0.252 e. The van der Waals surface area contributed by atoms with Gasteiger partial charge in [0.2, 0.25) is 0 Å². The molecule has 0 heterocycles. The summed E-state index contributed by atoms with van der Waals surface area (Å²) in [5.74, 6) is -0.0863. The summed E-state index contributed by atoms with van der Waals surface area (Å²) >= 11 is 0. The minimum Gasteiger partial charge on any atom is -0.409 e. The molecule has 1 amide bonds. The SMILES string of the molecule is CCCOCC(=O)N(C)c1ccc(/C(N)=N/O)cc1. The van der Waals surface area contributed by atoms with Crippen LogP contribution in [0.1, 0.15) is 18.9 Å². The number of amides is 1. The van der Waals surface area contributed by atoms with Crippen molar-refractivity contribution in [2.24, 2.45) is 10.9 Å². The van der Waals surface area contributed by atoms with Crippen LogP contribution in [0.3, 0.4) is 0 Å². The van der Waals surface area contributed by atoms with Crippen LogP contribution in [0.15, 0.2) is 29.4 Å². The van der Waals surface area contributed by atoms with E-state index in [2.05, 4.69) is 5.16 Å². The third-order valence-corrected chi connectivity index (χ3v) is 2.61. The van der Waals surface area contributed by atoms with Gasteiger partial charge in [-0.1, -0.05) is 12.1 Å². The minimum absolute atomic E-state index is 0.0341. The van der Waals surface area contributed by atoms with Crippen LogP contribution >= 0.6 is 0 Å². The second-order valence-corrected chi connectivity index (χ2v) is 4.04. The van der Waals surface area contributed by atoms with E-state index >= 15 is 0 Å². The maximum absolute atomic E-state index is 11.8. The Bertz CT molecular complexity index is 443. The van der Waals surface area contributed by atoms with Crippen molar-refractivity contribution in [2.75, 3.05) is 25.2 Å². The third kappa shape index (κ3) is 4.26. The molecule has 0 bridgehead atoms. The number of anilines is 1. The maximum atomic E-state index is 11.8. The molecule has 6 nitrogen and oxygen atoms in total. The summed E-state index contributed by atoms with van der Waals surface area (Å²) in [5.41, 5.74) is 6.77. The van der Waals surface area contributed by atoms with Crippen molar-refractivity contribution in [1.29, 1.82) is 0 Å². The fourth-order valence-electron chi connectivity index (χ4n) is 1.46. The van der Waals surface area contributed by atoms with Crippen LogP contribution < -0.4 is 10.6 Å². The Labute approximate surface area is 112 Å². The number of rotatable bonds is 6. The van der Waals surface area contributed by atoms with Gasteiger partial charge in [-0.3, -0.25) is 4.79 Å². The normalized spacial score (nSPS) is 11.4. The highest BCUT2D eigenvalue weighted by atomic mass is 16.5. The number of hydrogen-bond acceptors (Lipinski definition) is 4. The van der Waals surface area contributed by atoms with Crippen LogP contribution in [-0.4, -0.2) is 37.2 Å². The predicted molar refractivity (Wildman–Crippen MR) is 73.5 cm³/mol. The zero-order valence-electron chi connectivity index (χ0n) is 11.2. The van der Waals surface area contributed by atoms with Crippen LogP contribution in [0, 0.1) is 0 Å². The first-order valence-electron chi connectivity index (χ1n) is 6.02. The van der Waals surface area contributed by atoms with Gasteiger partial charge < -0.3 is 20.6 Å². The zero-order chi connectivity index (χ0) is 14.3. The molecule has 0 aliphatic rings. The van der Waals surface area contributed by atoms with Crippen molar-refractivity contribution in [3.8, 4) is 0 Å². The van der Waals surface area contributed by atoms with Crippen molar-refractivity contribution in [3.63, 3.8) is 0 Å². The molecule has 0 aliphatic heterocycles. The minimum atomic E-state index is -0.120. The number of ether oxygens (including phenoxy) is 1. The first kappa shape index (κ1) is 15.0. The molecule has 0 aromatic heterocycles. The average molecular weight is 265 g/mol. The Morgan fingerprint density at radius 2 is 2.05 bits per heavy atom. The standard InChI is InChI=1S/C13H19N3O3/c1-3-8-19-9-12(17)16(2)11-6-4-10(5-7-11)13(14)15-18/h4-7,18H,3,8-9H2,1-2H3,(H2,14,15). The lowest BCUT2D eigenvalue weighted by atomic mass is 10.2. The van der Waals surface area contributed by atoms with E-state index in [9.17, 15) is 4.79 Å². The molecule has 19 heavy (non-hydrogen) atoms. The molecule has 0 unspecified atom stereocenters. The number of amidine groups is 1. The van der Waals surface area contributed by atoms with E-state index in [1.54, 1.807) is 31.3 Å². The van der Waals surface area contributed by atoms with Crippen LogP contribution in [0.25, 0.3) is 0 Å². The Morgan fingerprint density at radius 3 is 2.58 bits per heavy atom. The van der Waals surface area contributed by atoms with Crippen molar-refractivity contribution in [3.05, 3.63) is 29.8 Å². The molecule has 6 heteroatoms. The van der Waals surface area contributed by atoms with Crippen LogP contribution in [-0.2, 0) is 9.53 Å². The molecular formula is C13H19N3O3. The van der Waals surface area contributed by atoms with Gasteiger partial charge in [-0.2, -0.15) is 0 Å². The van der Waals surface area contributed by atoms with Crippen LogP contribution in [0.4, 0.5) is 5.69 Å². The van der Waals surface area contributed by atoms with E-state index in [0.717, 1.165) is 12.1 Å². The summed E-state index contributed by atoms with van der Waals surface area (Å²) in [5, 5.41) is 11.5. The Balaban J connectivity index is 2.67. The van der Waals surface area contributed by atoms with E-state index in [0.29, 0.717) is 12.2 Å². The van der Waals surface area contributed by atoms with E-state index in [-0.39, 0.29) is 18.3 Å². The van der Waals surface area contributed by atoms with E-state index in [4.69, 9.17) is 15.7 Å². The Kier molecular flexibility index (Phi) is 5.81. The number of nitrogens with two attached hydrogens (primary N) is 1. The molecule has 0 saturated carbocycles. The van der Waals surface area contributed by atoms with Crippen LogP contribution in [0.2, 0.25) is 0 Å². The van der Waals surface area contributed by atoms with Gasteiger partial charge in [0.05, 0.1) is 0 Å². The fraction of sp³-hybridized carbons (Fsp3) is 0.385. The average Bonchev–Trinajstić information content (AvgIpc) is 2.46. The zero-order valence-corrected chi connectivity index (χ0v) is 11.2. The number of hydrogen-bond donors (Lipinski definition) is 2. The topological polar surface area (TPSA) is 88.2 Å². The summed E-state index contributed by atoms with van der Waals surface area (Å²) in [6, 6.07) is 6.82. The number of nitrogens with zero attached hydrogens (tertiary/aromatic N) is 2. The van der Waals surface area contributed by atoms with Gasteiger partial charge in [0, 0.05) is 24.9 Å². The van der Waals surface area contributed by atoms with Crippen LogP contribution in [0.5, 0.6) is 0 Å². The number of carbonyl (C=O) groups excluding carboxylic acids is 1. The van der Waals surface area contributed by atoms with Crippen molar-refractivity contribution in [1.82, 2.24) is 0 Å². The van der Waals surface area contributed by atoms with Gasteiger partial charge in [-0.05, 0) is 30.7 Å². The number of likely N-dealkylation sites (N-methyl/N-ethyl adjacent to an activating group) is 1. The molecule has 0 atom stereocenters. The van der Waals surface area contributed by atoms with Crippen molar-refractivity contribution in [2.45, 2.75) is 13.3 Å². The van der Waals surface area contributed by atoms with Crippen molar-refractivity contribution >= 4 is 17.4 Å². The number of benzene rings is 1. The van der Waals surface area contributed by atoms with Gasteiger partial charge in [-0.25, -0.2) is 0 Å². The summed E-state index contributed by atoms with van der Waals surface area (Å²) < 4.78 is 5.20. The lowest BCUT2D eigenvalue weighted by Crippen LogP contribution is -2.30. The quantitative estimate of drug-likeness (QED) is 0.266. The number of oxime groups is 1. The molecule has 1 aromatic rings. The van der Waals surface area contributed by atoms with Gasteiger partial charge in [0.1, 0.15) is 6.61 Å². The summed E-state index contributed by atoms with van der Waals surface area (Å²) in [7, 11) is 1.68.